The molecule has 2 aromatic carbocycles. The minimum absolute atomic E-state index is 0.114. The van der Waals surface area contributed by atoms with Gasteiger partial charge in [0.25, 0.3) is 5.91 Å². The highest BCUT2D eigenvalue weighted by Crippen LogP contribution is 2.36. The summed E-state index contributed by atoms with van der Waals surface area (Å²) in [5, 5.41) is 20.7. The van der Waals surface area contributed by atoms with Gasteiger partial charge in [0.1, 0.15) is 18.1 Å². The maximum absolute atomic E-state index is 13.1. The molecule has 27 heavy (non-hydrogen) atoms. The summed E-state index contributed by atoms with van der Waals surface area (Å²) in [6.45, 7) is 1.81. The van der Waals surface area contributed by atoms with Crippen molar-refractivity contribution in [2.45, 2.75) is 13.0 Å². The molecule has 0 radical (unpaired) electrons. The van der Waals surface area contributed by atoms with Gasteiger partial charge in [0, 0.05) is 16.4 Å². The first kappa shape index (κ1) is 17.1. The first-order valence-electron chi connectivity index (χ1n) is 8.26. The number of carbonyl (C=O) groups excluding carboxylic acids is 1. The number of nitrogens with one attached hydrogen (secondary N) is 2. The summed E-state index contributed by atoms with van der Waals surface area (Å²) in [5.41, 5.74) is 2.50. The average molecular weight is 382 g/mol. The van der Waals surface area contributed by atoms with Crippen LogP contribution in [0.3, 0.4) is 0 Å². The molecular weight excluding hydrogens is 366 g/mol. The highest BCUT2D eigenvalue weighted by molar-refractivity contribution is 6.30. The van der Waals surface area contributed by atoms with Gasteiger partial charge in [-0.2, -0.15) is 10.1 Å². The minimum Gasteiger partial charge on any atom is -0.508 e. The quantitative estimate of drug-likeness (QED) is 0.645. The third-order valence-corrected chi connectivity index (χ3v) is 4.58. The lowest BCUT2D eigenvalue weighted by Crippen LogP contribution is -2.31. The van der Waals surface area contributed by atoms with E-state index in [4.69, 9.17) is 11.6 Å². The SMILES string of the molecule is CC1=C(C(=O)Nc2ccc(Cl)cc2)[C@H](c2cccc(O)c2)n2ncnc2N1. The van der Waals surface area contributed by atoms with Gasteiger partial charge in [-0.25, -0.2) is 4.68 Å². The highest BCUT2D eigenvalue weighted by Gasteiger charge is 2.33. The van der Waals surface area contributed by atoms with Gasteiger partial charge in [-0.05, 0) is 48.9 Å². The zero-order chi connectivity index (χ0) is 19.0. The fourth-order valence-electron chi connectivity index (χ4n) is 3.12. The smallest absolute Gasteiger partial charge is 0.255 e. The predicted octanol–water partition coefficient (Wildman–Crippen LogP) is 3.56. The number of benzene rings is 2. The van der Waals surface area contributed by atoms with Crippen LogP contribution in [-0.4, -0.2) is 25.8 Å². The number of phenols is 1. The maximum atomic E-state index is 13.1. The number of phenolic OH excluding ortho intramolecular Hbond substituents is 1. The van der Waals surface area contributed by atoms with E-state index in [1.165, 1.54) is 6.33 Å². The second kappa shape index (κ2) is 6.77. The number of aromatic nitrogens is 3. The molecule has 0 saturated heterocycles. The van der Waals surface area contributed by atoms with Crippen LogP contribution in [0.4, 0.5) is 11.6 Å². The van der Waals surface area contributed by atoms with Crippen molar-refractivity contribution in [3.63, 3.8) is 0 Å². The van der Waals surface area contributed by atoms with Crippen molar-refractivity contribution in [1.29, 1.82) is 0 Å². The van der Waals surface area contributed by atoms with Crippen LogP contribution in [-0.2, 0) is 4.79 Å². The van der Waals surface area contributed by atoms with Crippen LogP contribution in [0.15, 0.2) is 66.1 Å². The molecule has 7 nitrogen and oxygen atoms in total. The standard InChI is InChI=1S/C19H16ClN5O2/c1-11-16(18(27)24-14-7-5-13(20)6-8-14)17(12-3-2-4-15(26)9-12)25-19(23-11)21-10-22-25/h2-10,17,26H,1H3,(H,24,27)(H,21,22,23)/t17-/m0/s1. The van der Waals surface area contributed by atoms with E-state index in [1.54, 1.807) is 47.1 Å². The van der Waals surface area contributed by atoms with E-state index in [0.29, 0.717) is 27.9 Å². The fraction of sp³-hybridized carbons (Fsp3) is 0.105. The maximum Gasteiger partial charge on any atom is 0.255 e. The van der Waals surface area contributed by atoms with E-state index in [-0.39, 0.29) is 11.7 Å². The number of rotatable bonds is 3. The number of aromatic hydroxyl groups is 1. The molecule has 1 atom stereocenters. The summed E-state index contributed by atoms with van der Waals surface area (Å²) < 4.78 is 1.62. The van der Waals surface area contributed by atoms with Gasteiger partial charge < -0.3 is 15.7 Å². The summed E-state index contributed by atoms with van der Waals surface area (Å²) in [4.78, 5) is 17.3. The lowest BCUT2D eigenvalue weighted by molar-refractivity contribution is -0.113. The zero-order valence-corrected chi connectivity index (χ0v) is 15.1. The van der Waals surface area contributed by atoms with E-state index in [0.717, 1.165) is 5.56 Å². The molecule has 3 aromatic rings. The first-order chi connectivity index (χ1) is 13.0. The Morgan fingerprint density at radius 3 is 2.78 bits per heavy atom. The van der Waals surface area contributed by atoms with Crippen molar-refractivity contribution in [3.8, 4) is 5.75 Å². The summed E-state index contributed by atoms with van der Waals surface area (Å²) in [6.07, 6.45) is 1.42. The molecular formula is C19H16ClN5O2. The van der Waals surface area contributed by atoms with E-state index in [2.05, 4.69) is 20.7 Å². The first-order valence-corrected chi connectivity index (χ1v) is 8.64. The lowest BCUT2D eigenvalue weighted by Gasteiger charge is -2.28. The van der Waals surface area contributed by atoms with E-state index in [1.807, 2.05) is 13.0 Å². The number of anilines is 2. The molecule has 1 amide bonds. The molecule has 0 spiro atoms. The number of allylic oxidation sites excluding steroid dienone is 1. The van der Waals surface area contributed by atoms with Gasteiger partial charge in [-0.3, -0.25) is 4.79 Å². The second-order valence-electron chi connectivity index (χ2n) is 6.15. The average Bonchev–Trinajstić information content (AvgIpc) is 3.10. The number of hydrogen-bond donors (Lipinski definition) is 3. The molecule has 1 aromatic heterocycles. The van der Waals surface area contributed by atoms with Crippen LogP contribution >= 0.6 is 11.6 Å². The Morgan fingerprint density at radius 1 is 1.26 bits per heavy atom. The zero-order valence-electron chi connectivity index (χ0n) is 14.3. The monoisotopic (exact) mass is 381 g/mol. The molecule has 1 aliphatic rings. The molecule has 4 rings (SSSR count). The Balaban J connectivity index is 1.76. The van der Waals surface area contributed by atoms with Gasteiger partial charge >= 0.3 is 0 Å². The topological polar surface area (TPSA) is 92.1 Å². The number of nitrogens with zero attached hydrogens (tertiary/aromatic N) is 3. The van der Waals surface area contributed by atoms with Gasteiger partial charge in [0.05, 0.1) is 5.57 Å². The second-order valence-corrected chi connectivity index (χ2v) is 6.59. The number of carbonyl (C=O) groups is 1. The van der Waals surface area contributed by atoms with Crippen LogP contribution in [0, 0.1) is 0 Å². The Morgan fingerprint density at radius 2 is 2.04 bits per heavy atom. The summed E-state index contributed by atoms with van der Waals surface area (Å²) in [6, 6.07) is 13.1. The van der Waals surface area contributed by atoms with Crippen molar-refractivity contribution in [1.82, 2.24) is 14.8 Å². The van der Waals surface area contributed by atoms with E-state index < -0.39 is 6.04 Å². The molecule has 1 aliphatic heterocycles. The van der Waals surface area contributed by atoms with Gasteiger partial charge in [0.2, 0.25) is 5.95 Å². The summed E-state index contributed by atoms with van der Waals surface area (Å²) in [5.74, 6) is 0.364. The van der Waals surface area contributed by atoms with Gasteiger partial charge in [-0.1, -0.05) is 23.7 Å². The van der Waals surface area contributed by atoms with Crippen molar-refractivity contribution < 1.29 is 9.90 Å². The van der Waals surface area contributed by atoms with Crippen LogP contribution in [0.25, 0.3) is 0 Å². The molecule has 136 valence electrons. The van der Waals surface area contributed by atoms with Crippen molar-refractivity contribution in [2.75, 3.05) is 10.6 Å². The van der Waals surface area contributed by atoms with Crippen molar-refractivity contribution >= 4 is 29.1 Å². The molecule has 0 fully saturated rings. The lowest BCUT2D eigenvalue weighted by atomic mass is 9.95. The molecule has 2 heterocycles. The molecule has 0 bridgehead atoms. The minimum atomic E-state index is -0.525. The van der Waals surface area contributed by atoms with E-state index in [9.17, 15) is 9.90 Å². The summed E-state index contributed by atoms with van der Waals surface area (Å²) in [7, 11) is 0. The van der Waals surface area contributed by atoms with Gasteiger partial charge in [0.15, 0.2) is 0 Å². The number of amides is 1. The van der Waals surface area contributed by atoms with Gasteiger partial charge in [-0.15, -0.1) is 0 Å². The highest BCUT2D eigenvalue weighted by atomic mass is 35.5. The Kier molecular flexibility index (Phi) is 4.29. The predicted molar refractivity (Wildman–Crippen MR) is 103 cm³/mol. The fourth-order valence-corrected chi connectivity index (χ4v) is 3.25. The molecule has 0 unspecified atom stereocenters. The third kappa shape index (κ3) is 3.24. The van der Waals surface area contributed by atoms with Crippen LogP contribution in [0.5, 0.6) is 5.75 Å². The van der Waals surface area contributed by atoms with Crippen molar-refractivity contribution in [3.05, 3.63) is 76.7 Å². The van der Waals surface area contributed by atoms with Crippen LogP contribution < -0.4 is 10.6 Å². The summed E-state index contributed by atoms with van der Waals surface area (Å²) >= 11 is 5.91. The third-order valence-electron chi connectivity index (χ3n) is 4.33. The number of fused-ring (bicyclic) bond motifs is 1. The van der Waals surface area contributed by atoms with E-state index >= 15 is 0 Å². The normalized spacial score (nSPS) is 15.9. The van der Waals surface area contributed by atoms with Crippen LogP contribution in [0.2, 0.25) is 5.02 Å². The Bertz CT molecular complexity index is 1040. The Labute approximate surface area is 160 Å². The molecule has 8 heteroatoms. The number of hydrogen-bond acceptors (Lipinski definition) is 5. The molecule has 3 N–H and O–H groups in total. The largest absolute Gasteiger partial charge is 0.508 e. The molecule has 0 saturated carbocycles. The van der Waals surface area contributed by atoms with Crippen molar-refractivity contribution in [2.24, 2.45) is 0 Å². The molecule has 0 aliphatic carbocycles. The van der Waals surface area contributed by atoms with Crippen LogP contribution in [0.1, 0.15) is 18.5 Å². The number of halogens is 1. The Hall–Kier alpha value is -3.32.